The molecule has 0 aliphatic carbocycles. The summed E-state index contributed by atoms with van der Waals surface area (Å²) in [6, 6.07) is 10.2. The van der Waals surface area contributed by atoms with E-state index in [0.29, 0.717) is 19.7 Å². The molecule has 1 heterocycles. The van der Waals surface area contributed by atoms with Crippen molar-refractivity contribution in [2.24, 2.45) is 0 Å². The van der Waals surface area contributed by atoms with Crippen molar-refractivity contribution in [3.8, 4) is 0 Å². The first-order valence-corrected chi connectivity index (χ1v) is 6.29. The van der Waals surface area contributed by atoms with E-state index in [1.165, 1.54) is 5.56 Å². The maximum atomic E-state index is 11.4. The SMILES string of the molecule is CC1(C)CNC(=O)CN1OCCc1ccccc1. The minimum Gasteiger partial charge on any atom is -0.353 e. The highest BCUT2D eigenvalue weighted by atomic mass is 16.7. The average molecular weight is 248 g/mol. The van der Waals surface area contributed by atoms with Gasteiger partial charge in [0.05, 0.1) is 12.1 Å². The Balaban J connectivity index is 1.83. The zero-order valence-corrected chi connectivity index (χ0v) is 11.0. The highest BCUT2D eigenvalue weighted by Gasteiger charge is 2.34. The number of hydroxylamine groups is 2. The van der Waals surface area contributed by atoms with Gasteiger partial charge in [-0.25, -0.2) is 0 Å². The molecule has 1 aromatic rings. The summed E-state index contributed by atoms with van der Waals surface area (Å²) in [6.07, 6.45) is 0.856. The summed E-state index contributed by atoms with van der Waals surface area (Å²) in [5.41, 5.74) is 1.10. The number of nitrogens with one attached hydrogen (secondary N) is 1. The van der Waals surface area contributed by atoms with Crippen LogP contribution in [0.3, 0.4) is 0 Å². The lowest BCUT2D eigenvalue weighted by molar-refractivity contribution is -0.220. The van der Waals surface area contributed by atoms with E-state index in [2.05, 4.69) is 31.3 Å². The molecule has 1 N–H and O–H groups in total. The summed E-state index contributed by atoms with van der Waals surface area (Å²) in [5, 5.41) is 4.64. The van der Waals surface area contributed by atoms with Crippen LogP contribution in [-0.2, 0) is 16.1 Å². The van der Waals surface area contributed by atoms with Gasteiger partial charge in [0.2, 0.25) is 5.91 Å². The van der Waals surface area contributed by atoms with Crippen LogP contribution in [0, 0.1) is 0 Å². The molecule has 1 fully saturated rings. The zero-order chi connectivity index (χ0) is 13.0. The third-order valence-corrected chi connectivity index (χ3v) is 3.16. The van der Waals surface area contributed by atoms with Crippen molar-refractivity contribution in [2.75, 3.05) is 19.7 Å². The largest absolute Gasteiger partial charge is 0.353 e. The third kappa shape index (κ3) is 3.31. The van der Waals surface area contributed by atoms with Crippen LogP contribution < -0.4 is 5.32 Å². The first kappa shape index (κ1) is 13.1. The fourth-order valence-corrected chi connectivity index (χ4v) is 1.94. The van der Waals surface area contributed by atoms with Crippen molar-refractivity contribution in [1.29, 1.82) is 0 Å². The normalized spacial score (nSPS) is 19.6. The van der Waals surface area contributed by atoms with Gasteiger partial charge in [0.25, 0.3) is 0 Å². The number of carbonyl (C=O) groups excluding carboxylic acids is 1. The summed E-state index contributed by atoms with van der Waals surface area (Å²) < 4.78 is 0. The van der Waals surface area contributed by atoms with Crippen molar-refractivity contribution in [2.45, 2.75) is 25.8 Å². The monoisotopic (exact) mass is 248 g/mol. The Bertz CT molecular complexity index is 404. The summed E-state index contributed by atoms with van der Waals surface area (Å²) in [5.74, 6) is 0.0223. The van der Waals surface area contributed by atoms with Gasteiger partial charge in [-0.2, -0.15) is 5.06 Å². The first-order chi connectivity index (χ1) is 8.58. The second-order valence-electron chi connectivity index (χ2n) is 5.19. The Morgan fingerprint density at radius 3 is 2.78 bits per heavy atom. The molecular weight excluding hydrogens is 228 g/mol. The molecule has 4 heteroatoms. The smallest absolute Gasteiger partial charge is 0.236 e. The van der Waals surface area contributed by atoms with E-state index >= 15 is 0 Å². The highest BCUT2D eigenvalue weighted by Crippen LogP contribution is 2.17. The molecule has 2 rings (SSSR count). The molecule has 0 unspecified atom stereocenters. The molecule has 0 spiro atoms. The lowest BCUT2D eigenvalue weighted by Gasteiger charge is -2.40. The molecule has 1 aromatic carbocycles. The van der Waals surface area contributed by atoms with Crippen molar-refractivity contribution in [3.05, 3.63) is 35.9 Å². The van der Waals surface area contributed by atoms with Crippen molar-refractivity contribution in [3.63, 3.8) is 0 Å². The van der Waals surface area contributed by atoms with E-state index in [1.54, 1.807) is 5.06 Å². The topological polar surface area (TPSA) is 41.6 Å². The van der Waals surface area contributed by atoms with Crippen LogP contribution >= 0.6 is 0 Å². The van der Waals surface area contributed by atoms with Gasteiger partial charge in [-0.15, -0.1) is 0 Å². The molecule has 1 amide bonds. The number of carbonyl (C=O) groups is 1. The Morgan fingerprint density at radius 1 is 1.33 bits per heavy atom. The Kier molecular flexibility index (Phi) is 3.99. The van der Waals surface area contributed by atoms with E-state index in [4.69, 9.17) is 4.84 Å². The summed E-state index contributed by atoms with van der Waals surface area (Å²) in [7, 11) is 0. The number of hydrogen-bond acceptors (Lipinski definition) is 3. The second kappa shape index (κ2) is 5.50. The predicted molar refractivity (Wildman–Crippen MR) is 69.9 cm³/mol. The quantitative estimate of drug-likeness (QED) is 0.875. The lowest BCUT2D eigenvalue weighted by Crippen LogP contribution is -2.60. The van der Waals surface area contributed by atoms with Crippen LogP contribution in [-0.4, -0.2) is 36.2 Å². The molecule has 4 nitrogen and oxygen atoms in total. The van der Waals surface area contributed by atoms with Crippen LogP contribution in [0.2, 0.25) is 0 Å². The standard InChI is InChI=1S/C14H20N2O2/c1-14(2)11-15-13(17)10-16(14)18-9-8-12-6-4-3-5-7-12/h3-7H,8-11H2,1-2H3,(H,15,17). The van der Waals surface area contributed by atoms with Crippen LogP contribution in [0.5, 0.6) is 0 Å². The molecule has 0 saturated carbocycles. The Labute approximate surface area is 108 Å². The predicted octanol–water partition coefficient (Wildman–Crippen LogP) is 1.37. The second-order valence-corrected chi connectivity index (χ2v) is 5.19. The number of amides is 1. The van der Waals surface area contributed by atoms with Crippen molar-refractivity contribution >= 4 is 5.91 Å². The van der Waals surface area contributed by atoms with Crippen LogP contribution in [0.1, 0.15) is 19.4 Å². The minimum atomic E-state index is -0.148. The Morgan fingerprint density at radius 2 is 2.06 bits per heavy atom. The molecule has 0 aromatic heterocycles. The van der Waals surface area contributed by atoms with Gasteiger partial charge in [-0.3, -0.25) is 9.63 Å². The molecule has 98 valence electrons. The van der Waals surface area contributed by atoms with Crippen LogP contribution in [0.4, 0.5) is 0 Å². The van der Waals surface area contributed by atoms with E-state index in [-0.39, 0.29) is 11.4 Å². The number of rotatable bonds is 4. The maximum absolute atomic E-state index is 11.4. The Hall–Kier alpha value is -1.39. The van der Waals surface area contributed by atoms with Gasteiger partial charge in [0.15, 0.2) is 0 Å². The fourth-order valence-electron chi connectivity index (χ4n) is 1.94. The average Bonchev–Trinajstić information content (AvgIpc) is 2.35. The number of piperazine rings is 1. The lowest BCUT2D eigenvalue weighted by atomic mass is 10.0. The summed E-state index contributed by atoms with van der Waals surface area (Å²) in [4.78, 5) is 17.1. The summed E-state index contributed by atoms with van der Waals surface area (Å²) >= 11 is 0. The molecular formula is C14H20N2O2. The molecule has 1 aliphatic rings. The fraction of sp³-hybridized carbons (Fsp3) is 0.500. The zero-order valence-electron chi connectivity index (χ0n) is 11.0. The molecule has 18 heavy (non-hydrogen) atoms. The first-order valence-electron chi connectivity index (χ1n) is 6.29. The molecule has 1 aliphatic heterocycles. The van der Waals surface area contributed by atoms with Gasteiger partial charge in [0.1, 0.15) is 6.54 Å². The van der Waals surface area contributed by atoms with E-state index in [9.17, 15) is 4.79 Å². The van der Waals surface area contributed by atoms with E-state index in [0.717, 1.165) is 6.42 Å². The van der Waals surface area contributed by atoms with Crippen LogP contribution in [0.25, 0.3) is 0 Å². The van der Waals surface area contributed by atoms with Gasteiger partial charge < -0.3 is 5.32 Å². The molecule has 0 atom stereocenters. The molecule has 1 saturated heterocycles. The van der Waals surface area contributed by atoms with Crippen molar-refractivity contribution in [1.82, 2.24) is 10.4 Å². The molecule has 0 bridgehead atoms. The van der Waals surface area contributed by atoms with Crippen molar-refractivity contribution < 1.29 is 9.63 Å². The number of benzene rings is 1. The minimum absolute atomic E-state index is 0.0223. The van der Waals surface area contributed by atoms with E-state index < -0.39 is 0 Å². The highest BCUT2D eigenvalue weighted by molar-refractivity contribution is 5.78. The van der Waals surface area contributed by atoms with Gasteiger partial charge in [-0.05, 0) is 25.8 Å². The van der Waals surface area contributed by atoms with Gasteiger partial charge in [-0.1, -0.05) is 30.3 Å². The molecule has 0 radical (unpaired) electrons. The van der Waals surface area contributed by atoms with Gasteiger partial charge >= 0.3 is 0 Å². The van der Waals surface area contributed by atoms with Gasteiger partial charge in [0, 0.05) is 6.54 Å². The number of nitrogens with zero attached hydrogens (tertiary/aromatic N) is 1. The number of hydrogen-bond donors (Lipinski definition) is 1. The summed E-state index contributed by atoms with van der Waals surface area (Å²) in [6.45, 7) is 5.66. The maximum Gasteiger partial charge on any atom is 0.236 e. The van der Waals surface area contributed by atoms with E-state index in [1.807, 2.05) is 18.2 Å². The van der Waals surface area contributed by atoms with Crippen LogP contribution in [0.15, 0.2) is 30.3 Å². The third-order valence-electron chi connectivity index (χ3n) is 3.16.